The highest BCUT2D eigenvalue weighted by Crippen LogP contribution is 2.42. The molecule has 1 N–H and O–H groups in total. The summed E-state index contributed by atoms with van der Waals surface area (Å²) in [6.45, 7) is 5.73. The monoisotopic (exact) mass is 615 g/mol. The zero-order valence-electron chi connectivity index (χ0n) is 24.7. The van der Waals surface area contributed by atoms with Gasteiger partial charge in [-0.05, 0) is 124 Å². The van der Waals surface area contributed by atoms with Gasteiger partial charge in [-0.2, -0.15) is 5.26 Å². The fourth-order valence-corrected chi connectivity index (χ4v) is 7.89. The average molecular weight is 617 g/mol. The molecule has 3 aromatic rings. The minimum Gasteiger partial charge on any atom is -0.325 e. The van der Waals surface area contributed by atoms with E-state index in [-0.39, 0.29) is 11.9 Å². The predicted octanol–water partition coefficient (Wildman–Crippen LogP) is 6.88. The number of nitrogens with zero attached hydrogens (tertiary/aromatic N) is 4. The van der Waals surface area contributed by atoms with Crippen molar-refractivity contribution in [3.63, 3.8) is 0 Å². The molecular weight excluding hydrogens is 577 g/mol. The third-order valence-corrected chi connectivity index (χ3v) is 10.0. The maximum absolute atomic E-state index is 13.4. The van der Waals surface area contributed by atoms with Crippen LogP contribution in [-0.2, 0) is 11.2 Å². The van der Waals surface area contributed by atoms with Crippen LogP contribution in [0.25, 0.3) is 11.1 Å². The quantitative estimate of drug-likeness (QED) is 0.328. The van der Waals surface area contributed by atoms with Crippen molar-refractivity contribution in [2.75, 3.05) is 51.6 Å². The van der Waals surface area contributed by atoms with Crippen LogP contribution in [0.3, 0.4) is 0 Å². The topological polar surface area (TPSA) is 62.6 Å². The van der Waals surface area contributed by atoms with E-state index in [9.17, 15) is 10.1 Å². The van der Waals surface area contributed by atoms with Crippen LogP contribution in [0, 0.1) is 17.2 Å². The largest absolute Gasteiger partial charge is 0.325 e. The van der Waals surface area contributed by atoms with Crippen LogP contribution in [-0.4, -0.2) is 73.0 Å². The lowest BCUT2D eigenvalue weighted by atomic mass is 9.78. The second kappa shape index (κ2) is 13.4. The predicted molar refractivity (Wildman–Crippen MR) is 175 cm³/mol. The van der Waals surface area contributed by atoms with Crippen molar-refractivity contribution in [3.8, 4) is 17.2 Å². The summed E-state index contributed by atoms with van der Waals surface area (Å²) in [5.74, 6) is 0.420. The Kier molecular flexibility index (Phi) is 9.37. The number of carbonyl (C=O) groups is 1. The molecule has 1 amide bonds. The summed E-state index contributed by atoms with van der Waals surface area (Å²) in [7, 11) is 2.22. The number of rotatable bonds is 6. The molecule has 1 unspecified atom stereocenters. The van der Waals surface area contributed by atoms with Gasteiger partial charge in [-0.3, -0.25) is 9.69 Å². The van der Waals surface area contributed by atoms with Gasteiger partial charge in [0.15, 0.2) is 0 Å². The van der Waals surface area contributed by atoms with Gasteiger partial charge in [0.2, 0.25) is 5.91 Å². The van der Waals surface area contributed by atoms with Crippen molar-refractivity contribution < 1.29 is 4.79 Å². The molecule has 0 aromatic heterocycles. The van der Waals surface area contributed by atoms with Gasteiger partial charge in [-0.25, -0.2) is 0 Å². The summed E-state index contributed by atoms with van der Waals surface area (Å²) < 4.78 is 0. The van der Waals surface area contributed by atoms with E-state index in [1.165, 1.54) is 37.1 Å². The molecule has 3 heterocycles. The Bertz CT molecular complexity index is 1480. The molecule has 0 saturated carbocycles. The van der Waals surface area contributed by atoms with E-state index in [2.05, 4.69) is 57.4 Å². The number of fused-ring (bicyclic) bond motifs is 1. The first kappa shape index (κ1) is 30.1. The summed E-state index contributed by atoms with van der Waals surface area (Å²) >= 11 is 12.4. The molecule has 0 radical (unpaired) electrons. The highest BCUT2D eigenvalue weighted by molar-refractivity contribution is 6.35. The van der Waals surface area contributed by atoms with E-state index < -0.39 is 0 Å². The normalized spacial score (nSPS) is 20.8. The highest BCUT2D eigenvalue weighted by Gasteiger charge is 2.37. The van der Waals surface area contributed by atoms with Gasteiger partial charge in [-0.1, -0.05) is 53.5 Å². The zero-order valence-corrected chi connectivity index (χ0v) is 26.2. The van der Waals surface area contributed by atoms with E-state index in [1.807, 2.05) is 18.2 Å². The molecule has 0 bridgehead atoms. The average Bonchev–Trinajstić information content (AvgIpc) is 3.01. The first-order chi connectivity index (χ1) is 20.9. The zero-order chi connectivity index (χ0) is 29.9. The Labute approximate surface area is 265 Å². The molecule has 0 aliphatic carbocycles. The van der Waals surface area contributed by atoms with Crippen molar-refractivity contribution in [2.24, 2.45) is 5.92 Å². The number of nitrogens with one attached hydrogen (secondary N) is 1. The van der Waals surface area contributed by atoms with Crippen LogP contribution < -0.4 is 5.32 Å². The number of halogens is 2. The molecule has 6 rings (SSSR count). The molecule has 1 atom stereocenters. The van der Waals surface area contributed by atoms with E-state index in [1.54, 1.807) is 18.2 Å². The number of carbonyl (C=O) groups excluding carboxylic acids is 1. The number of hydrogen-bond donors (Lipinski definition) is 1. The molecule has 2 fully saturated rings. The number of amides is 1. The maximum Gasteiger partial charge on any atom is 0.238 e. The second-order valence-electron chi connectivity index (χ2n) is 12.4. The van der Waals surface area contributed by atoms with Crippen LogP contribution in [0.2, 0.25) is 10.0 Å². The number of nitriles is 1. The standard InChI is InChI=1S/C35H39Cl2N5O/c1-40-12-10-32(11-13-40)41-14-7-25(8-15-41)35-33-6-5-27(26-4-2-3-24(17-26)22-38)18-28(33)9-16-42(35)23-34(43)39-31-20-29(36)19-30(37)21-31/h2-6,17-21,25,32,35H,7-16,23H2,1H3,(H,39,43). The number of likely N-dealkylation sites (tertiary alicyclic amines) is 2. The fraction of sp³-hybridized carbons (Fsp3) is 0.429. The van der Waals surface area contributed by atoms with E-state index in [0.717, 1.165) is 50.0 Å². The van der Waals surface area contributed by atoms with Crippen LogP contribution in [0.4, 0.5) is 5.69 Å². The minimum atomic E-state index is -0.0551. The first-order valence-electron chi connectivity index (χ1n) is 15.4. The van der Waals surface area contributed by atoms with Gasteiger partial charge in [0, 0.05) is 34.4 Å². The van der Waals surface area contributed by atoms with E-state index >= 15 is 0 Å². The molecular formula is C35H39Cl2N5O. The van der Waals surface area contributed by atoms with Crippen LogP contribution in [0.5, 0.6) is 0 Å². The molecule has 0 spiro atoms. The molecule has 3 aliphatic rings. The van der Waals surface area contributed by atoms with Gasteiger partial charge in [-0.15, -0.1) is 0 Å². The molecule has 8 heteroatoms. The fourth-order valence-electron chi connectivity index (χ4n) is 7.36. The second-order valence-corrected chi connectivity index (χ2v) is 13.3. The minimum absolute atomic E-state index is 0.0551. The van der Waals surface area contributed by atoms with Crippen LogP contribution >= 0.6 is 23.2 Å². The van der Waals surface area contributed by atoms with Crippen LogP contribution in [0.1, 0.15) is 48.4 Å². The smallest absolute Gasteiger partial charge is 0.238 e. The van der Waals surface area contributed by atoms with E-state index in [0.29, 0.717) is 39.8 Å². The summed E-state index contributed by atoms with van der Waals surface area (Å²) in [4.78, 5) is 20.9. The summed E-state index contributed by atoms with van der Waals surface area (Å²) in [6.07, 6.45) is 5.64. The molecule has 224 valence electrons. The lowest BCUT2D eigenvalue weighted by Gasteiger charge is -2.46. The lowest BCUT2D eigenvalue weighted by molar-refractivity contribution is -0.118. The van der Waals surface area contributed by atoms with Crippen molar-refractivity contribution >= 4 is 34.8 Å². The Balaban J connectivity index is 1.23. The maximum atomic E-state index is 13.4. The molecule has 3 aromatic carbocycles. The Hall–Kier alpha value is -2.92. The van der Waals surface area contributed by atoms with Gasteiger partial charge in [0.05, 0.1) is 18.2 Å². The van der Waals surface area contributed by atoms with Crippen molar-refractivity contribution in [3.05, 3.63) is 87.4 Å². The van der Waals surface area contributed by atoms with Crippen molar-refractivity contribution in [1.82, 2.24) is 14.7 Å². The van der Waals surface area contributed by atoms with Gasteiger partial charge >= 0.3 is 0 Å². The molecule has 2 saturated heterocycles. The Morgan fingerprint density at radius 3 is 2.35 bits per heavy atom. The number of anilines is 1. The van der Waals surface area contributed by atoms with E-state index in [4.69, 9.17) is 23.2 Å². The third kappa shape index (κ3) is 7.09. The summed E-state index contributed by atoms with van der Waals surface area (Å²) in [5, 5.41) is 13.4. The van der Waals surface area contributed by atoms with Gasteiger partial charge < -0.3 is 15.1 Å². The van der Waals surface area contributed by atoms with Crippen LogP contribution in [0.15, 0.2) is 60.7 Å². The SMILES string of the molecule is CN1CCC(N2CCC(C3c4ccc(-c5cccc(C#N)c5)cc4CCN3CC(=O)Nc3cc(Cl)cc(Cl)c3)CC2)CC1. The van der Waals surface area contributed by atoms with Crippen molar-refractivity contribution in [2.45, 2.75) is 44.2 Å². The number of benzene rings is 3. The van der Waals surface area contributed by atoms with Gasteiger partial charge in [0.1, 0.15) is 0 Å². The lowest BCUT2D eigenvalue weighted by Crippen LogP contribution is -2.50. The Morgan fingerprint density at radius 1 is 0.907 bits per heavy atom. The first-order valence-corrected chi connectivity index (χ1v) is 16.2. The number of piperidine rings is 2. The van der Waals surface area contributed by atoms with Gasteiger partial charge in [0.25, 0.3) is 0 Å². The molecule has 3 aliphatic heterocycles. The highest BCUT2D eigenvalue weighted by atomic mass is 35.5. The molecule has 43 heavy (non-hydrogen) atoms. The third-order valence-electron chi connectivity index (χ3n) is 9.57. The summed E-state index contributed by atoms with van der Waals surface area (Å²) in [6, 6.07) is 22.8. The Morgan fingerprint density at radius 2 is 1.63 bits per heavy atom. The number of hydrogen-bond acceptors (Lipinski definition) is 5. The van der Waals surface area contributed by atoms with Crippen molar-refractivity contribution in [1.29, 1.82) is 5.26 Å². The molecule has 6 nitrogen and oxygen atoms in total. The summed E-state index contributed by atoms with van der Waals surface area (Å²) in [5.41, 5.74) is 6.17.